The van der Waals surface area contributed by atoms with Crippen LogP contribution in [0, 0.1) is 0 Å². The molecule has 2 heteroatoms. The van der Waals surface area contributed by atoms with Crippen molar-refractivity contribution in [1.29, 1.82) is 0 Å². The smallest absolute Gasteiger partial charge is 0.158 e. The third-order valence-electron chi connectivity index (χ3n) is 1.68. The molecule has 12 heavy (non-hydrogen) atoms. The number of carbonyl (C=O) groups excluding carboxylic acids is 1. The van der Waals surface area contributed by atoms with Crippen molar-refractivity contribution in [1.82, 2.24) is 0 Å². The molecule has 0 aromatic heterocycles. The molecule has 0 aliphatic heterocycles. The molecule has 0 fully saturated rings. The highest BCUT2D eigenvalue weighted by Crippen LogP contribution is 1.95. The van der Waals surface area contributed by atoms with Crippen molar-refractivity contribution in [3.8, 4) is 0 Å². The summed E-state index contributed by atoms with van der Waals surface area (Å²) in [7, 11) is 0. The summed E-state index contributed by atoms with van der Waals surface area (Å²) in [5, 5.41) is 0. The molecule has 2 nitrogen and oxygen atoms in total. The fourth-order valence-corrected chi connectivity index (χ4v) is 0.991. The van der Waals surface area contributed by atoms with Gasteiger partial charge in [-0.2, -0.15) is 0 Å². The zero-order valence-electron chi connectivity index (χ0n) is 8.27. The highest BCUT2D eigenvalue weighted by atomic mass is 16.5. The lowest BCUT2D eigenvalue weighted by Gasteiger charge is -2.01. The first-order chi connectivity index (χ1) is 5.81. The predicted molar refractivity (Wildman–Crippen MR) is 50.3 cm³/mol. The van der Waals surface area contributed by atoms with E-state index in [0.717, 1.165) is 19.4 Å². The normalized spacial score (nSPS) is 10.2. The van der Waals surface area contributed by atoms with Gasteiger partial charge in [-0.1, -0.05) is 26.7 Å². The molecule has 0 bridgehead atoms. The zero-order valence-corrected chi connectivity index (χ0v) is 8.27. The van der Waals surface area contributed by atoms with E-state index in [2.05, 4.69) is 6.92 Å². The van der Waals surface area contributed by atoms with Gasteiger partial charge in [-0.3, -0.25) is 4.79 Å². The third kappa shape index (κ3) is 7.73. The predicted octanol–water partition coefficient (Wildman–Crippen LogP) is 2.56. The second-order valence-corrected chi connectivity index (χ2v) is 3.05. The van der Waals surface area contributed by atoms with Crippen LogP contribution >= 0.6 is 0 Å². The van der Waals surface area contributed by atoms with Crippen LogP contribution in [-0.2, 0) is 9.53 Å². The summed E-state index contributed by atoms with van der Waals surface area (Å²) >= 11 is 0. The summed E-state index contributed by atoms with van der Waals surface area (Å²) in [4.78, 5) is 11.0. The molecule has 0 saturated carbocycles. The summed E-state index contributed by atoms with van der Waals surface area (Å²) in [6.45, 7) is 5.22. The molecule has 0 aromatic rings. The molecular formula is C10H20O2. The molecule has 0 amide bonds. The van der Waals surface area contributed by atoms with Crippen LogP contribution in [0.2, 0.25) is 0 Å². The van der Waals surface area contributed by atoms with Gasteiger partial charge in [0.1, 0.15) is 6.61 Å². The van der Waals surface area contributed by atoms with Gasteiger partial charge in [-0.15, -0.1) is 0 Å². The van der Waals surface area contributed by atoms with E-state index in [9.17, 15) is 4.79 Å². The zero-order chi connectivity index (χ0) is 9.23. The second-order valence-electron chi connectivity index (χ2n) is 3.05. The quantitative estimate of drug-likeness (QED) is 0.526. The topological polar surface area (TPSA) is 26.3 Å². The van der Waals surface area contributed by atoms with Crippen LogP contribution in [0.15, 0.2) is 0 Å². The van der Waals surface area contributed by atoms with E-state index in [-0.39, 0.29) is 5.78 Å². The Bertz CT molecular complexity index is 110. The summed E-state index contributed by atoms with van der Waals surface area (Å²) < 4.78 is 5.20. The van der Waals surface area contributed by atoms with Crippen molar-refractivity contribution in [3.63, 3.8) is 0 Å². The maximum absolute atomic E-state index is 11.0. The van der Waals surface area contributed by atoms with Gasteiger partial charge >= 0.3 is 0 Å². The molecule has 0 N–H and O–H groups in total. The van der Waals surface area contributed by atoms with Crippen molar-refractivity contribution in [3.05, 3.63) is 0 Å². The SMILES string of the molecule is CCCCCOCC(=O)CCC. The number of hydrogen-bond acceptors (Lipinski definition) is 2. The van der Waals surface area contributed by atoms with Crippen molar-refractivity contribution in [2.75, 3.05) is 13.2 Å². The minimum Gasteiger partial charge on any atom is -0.374 e. The number of rotatable bonds is 8. The Morgan fingerprint density at radius 3 is 2.50 bits per heavy atom. The Hall–Kier alpha value is -0.370. The first-order valence-corrected chi connectivity index (χ1v) is 4.90. The Morgan fingerprint density at radius 1 is 1.17 bits per heavy atom. The molecule has 0 aromatic carbocycles. The minimum absolute atomic E-state index is 0.231. The molecule has 0 spiro atoms. The Morgan fingerprint density at radius 2 is 1.92 bits per heavy atom. The fourth-order valence-electron chi connectivity index (χ4n) is 0.991. The van der Waals surface area contributed by atoms with Crippen LogP contribution in [0.4, 0.5) is 0 Å². The van der Waals surface area contributed by atoms with E-state index in [4.69, 9.17) is 4.74 Å². The van der Waals surface area contributed by atoms with Crippen LogP contribution in [0.3, 0.4) is 0 Å². The fraction of sp³-hybridized carbons (Fsp3) is 0.900. The van der Waals surface area contributed by atoms with Crippen molar-refractivity contribution in [2.45, 2.75) is 46.0 Å². The molecule has 0 unspecified atom stereocenters. The van der Waals surface area contributed by atoms with E-state index in [1.54, 1.807) is 0 Å². The average molecular weight is 172 g/mol. The van der Waals surface area contributed by atoms with Gasteiger partial charge in [-0.05, 0) is 12.8 Å². The molecule has 0 heterocycles. The first-order valence-electron chi connectivity index (χ1n) is 4.90. The van der Waals surface area contributed by atoms with E-state index in [0.29, 0.717) is 13.0 Å². The number of carbonyl (C=O) groups is 1. The van der Waals surface area contributed by atoms with Gasteiger partial charge in [0, 0.05) is 13.0 Å². The molecule has 0 aliphatic rings. The Labute approximate surface area is 75.3 Å². The van der Waals surface area contributed by atoms with Crippen LogP contribution in [0.1, 0.15) is 46.0 Å². The van der Waals surface area contributed by atoms with Gasteiger partial charge in [0.05, 0.1) is 0 Å². The van der Waals surface area contributed by atoms with Crippen molar-refractivity contribution >= 4 is 5.78 Å². The van der Waals surface area contributed by atoms with Gasteiger partial charge in [0.25, 0.3) is 0 Å². The molecule has 0 rings (SSSR count). The molecule has 0 atom stereocenters. The van der Waals surface area contributed by atoms with Gasteiger partial charge in [0.2, 0.25) is 0 Å². The standard InChI is InChI=1S/C10H20O2/c1-3-5-6-8-12-9-10(11)7-4-2/h3-9H2,1-2H3. The van der Waals surface area contributed by atoms with Crippen LogP contribution < -0.4 is 0 Å². The summed E-state index contributed by atoms with van der Waals surface area (Å²) in [6.07, 6.45) is 5.06. The summed E-state index contributed by atoms with van der Waals surface area (Å²) in [5.74, 6) is 0.231. The monoisotopic (exact) mass is 172 g/mol. The summed E-state index contributed by atoms with van der Waals surface area (Å²) in [5.41, 5.74) is 0. The minimum atomic E-state index is 0.231. The van der Waals surface area contributed by atoms with E-state index in [1.165, 1.54) is 12.8 Å². The molecule has 0 radical (unpaired) electrons. The average Bonchev–Trinajstić information content (AvgIpc) is 2.05. The Balaban J connectivity index is 3.03. The summed E-state index contributed by atoms with van der Waals surface area (Å²) in [6, 6.07) is 0. The number of Topliss-reactive ketones (excluding diaryl/α,β-unsaturated/α-hetero) is 1. The maximum atomic E-state index is 11.0. The van der Waals surface area contributed by atoms with E-state index in [1.807, 2.05) is 6.92 Å². The number of hydrogen-bond donors (Lipinski definition) is 0. The third-order valence-corrected chi connectivity index (χ3v) is 1.68. The van der Waals surface area contributed by atoms with E-state index >= 15 is 0 Å². The maximum Gasteiger partial charge on any atom is 0.158 e. The van der Waals surface area contributed by atoms with E-state index < -0.39 is 0 Å². The van der Waals surface area contributed by atoms with Gasteiger partial charge in [0.15, 0.2) is 5.78 Å². The first kappa shape index (κ1) is 11.6. The Kier molecular flexibility index (Phi) is 8.46. The largest absolute Gasteiger partial charge is 0.374 e. The van der Waals surface area contributed by atoms with Crippen molar-refractivity contribution < 1.29 is 9.53 Å². The highest BCUT2D eigenvalue weighted by molar-refractivity contribution is 5.79. The molecule has 72 valence electrons. The van der Waals surface area contributed by atoms with Crippen LogP contribution in [0.25, 0.3) is 0 Å². The number of ketones is 1. The lowest BCUT2D eigenvalue weighted by Crippen LogP contribution is -2.08. The highest BCUT2D eigenvalue weighted by Gasteiger charge is 1.98. The molecule has 0 saturated heterocycles. The van der Waals surface area contributed by atoms with Crippen LogP contribution in [-0.4, -0.2) is 19.0 Å². The number of unbranched alkanes of at least 4 members (excludes halogenated alkanes) is 2. The van der Waals surface area contributed by atoms with Gasteiger partial charge in [-0.25, -0.2) is 0 Å². The van der Waals surface area contributed by atoms with Gasteiger partial charge < -0.3 is 4.74 Å². The van der Waals surface area contributed by atoms with Crippen molar-refractivity contribution in [2.24, 2.45) is 0 Å². The lowest BCUT2D eigenvalue weighted by molar-refractivity contribution is -0.123. The lowest BCUT2D eigenvalue weighted by atomic mass is 10.2. The second kappa shape index (κ2) is 8.72. The number of ether oxygens (including phenoxy) is 1. The van der Waals surface area contributed by atoms with Crippen LogP contribution in [0.5, 0.6) is 0 Å². The molecule has 0 aliphatic carbocycles. The molecular weight excluding hydrogens is 152 g/mol.